The van der Waals surface area contributed by atoms with Crippen LogP contribution in [0.2, 0.25) is 0 Å². The van der Waals surface area contributed by atoms with Gasteiger partial charge >= 0.3 is 0 Å². The van der Waals surface area contributed by atoms with Gasteiger partial charge in [-0.15, -0.1) is 0 Å². The van der Waals surface area contributed by atoms with Gasteiger partial charge in [-0.2, -0.15) is 0 Å². The van der Waals surface area contributed by atoms with Gasteiger partial charge in [0.2, 0.25) is 5.91 Å². The summed E-state index contributed by atoms with van der Waals surface area (Å²) in [6, 6.07) is 21.6. The first kappa shape index (κ1) is 22.4. The molecule has 2 heterocycles. The maximum absolute atomic E-state index is 12.0. The molecule has 0 radical (unpaired) electrons. The summed E-state index contributed by atoms with van der Waals surface area (Å²) in [5.74, 6) is 8.85. The Kier molecular flexibility index (Phi) is 6.58. The Bertz CT molecular complexity index is 1420. The fourth-order valence-electron chi connectivity index (χ4n) is 4.09. The molecule has 0 atom stereocenters. The van der Waals surface area contributed by atoms with Crippen molar-refractivity contribution in [3.63, 3.8) is 0 Å². The van der Waals surface area contributed by atoms with Crippen molar-refractivity contribution >= 4 is 28.3 Å². The molecule has 1 amide bonds. The first-order valence-corrected chi connectivity index (χ1v) is 11.8. The molecule has 174 valence electrons. The van der Waals surface area contributed by atoms with Crippen LogP contribution >= 0.6 is 0 Å². The molecule has 6 nitrogen and oxygen atoms in total. The summed E-state index contributed by atoms with van der Waals surface area (Å²) in [6.45, 7) is 3.27. The van der Waals surface area contributed by atoms with Crippen LogP contribution in [0, 0.1) is 18.8 Å². The SMILES string of the molecule is Cc1cc(Nc2ncnc3ccc(C#CCN4CCCCC4=O)cc23)ccc1Oc1ccccc1. The van der Waals surface area contributed by atoms with E-state index in [9.17, 15) is 4.79 Å². The van der Waals surface area contributed by atoms with Gasteiger partial charge in [0.1, 0.15) is 23.6 Å². The topological polar surface area (TPSA) is 67.4 Å². The molecule has 1 fully saturated rings. The number of anilines is 2. The average Bonchev–Trinajstić information content (AvgIpc) is 2.88. The number of hydrogen-bond acceptors (Lipinski definition) is 5. The van der Waals surface area contributed by atoms with Crippen LogP contribution in [0.5, 0.6) is 11.5 Å². The summed E-state index contributed by atoms with van der Waals surface area (Å²) in [6.07, 6.45) is 4.21. The number of carbonyl (C=O) groups is 1. The van der Waals surface area contributed by atoms with E-state index in [4.69, 9.17) is 4.74 Å². The molecule has 4 aromatic rings. The Balaban J connectivity index is 1.34. The Morgan fingerprint density at radius 1 is 1.03 bits per heavy atom. The molecular formula is C29H26N4O2. The van der Waals surface area contributed by atoms with E-state index in [1.807, 2.05) is 78.6 Å². The molecule has 0 aliphatic carbocycles. The minimum Gasteiger partial charge on any atom is -0.457 e. The number of nitrogens with zero attached hydrogens (tertiary/aromatic N) is 3. The van der Waals surface area contributed by atoms with E-state index in [1.165, 1.54) is 0 Å². The number of rotatable bonds is 5. The van der Waals surface area contributed by atoms with Crippen molar-refractivity contribution in [2.75, 3.05) is 18.4 Å². The second-order valence-electron chi connectivity index (χ2n) is 8.55. The molecule has 1 N–H and O–H groups in total. The highest BCUT2D eigenvalue weighted by atomic mass is 16.5. The molecule has 0 bridgehead atoms. The monoisotopic (exact) mass is 462 g/mol. The number of likely N-dealkylation sites (tertiary alicyclic amines) is 1. The first-order chi connectivity index (χ1) is 17.2. The van der Waals surface area contributed by atoms with Gasteiger partial charge in [0.25, 0.3) is 0 Å². The van der Waals surface area contributed by atoms with Crippen LogP contribution in [0.4, 0.5) is 11.5 Å². The number of hydrogen-bond donors (Lipinski definition) is 1. The second kappa shape index (κ2) is 10.3. The number of benzene rings is 3. The molecule has 0 saturated carbocycles. The smallest absolute Gasteiger partial charge is 0.223 e. The molecule has 0 spiro atoms. The van der Waals surface area contributed by atoms with Crippen LogP contribution in [-0.2, 0) is 4.79 Å². The summed E-state index contributed by atoms with van der Waals surface area (Å²) >= 11 is 0. The van der Waals surface area contributed by atoms with Crippen molar-refractivity contribution in [2.24, 2.45) is 0 Å². The van der Waals surface area contributed by atoms with E-state index in [2.05, 4.69) is 27.1 Å². The zero-order valence-electron chi connectivity index (χ0n) is 19.6. The van der Waals surface area contributed by atoms with E-state index in [0.717, 1.165) is 58.6 Å². The summed E-state index contributed by atoms with van der Waals surface area (Å²) in [7, 11) is 0. The summed E-state index contributed by atoms with van der Waals surface area (Å²) in [4.78, 5) is 22.7. The van der Waals surface area contributed by atoms with E-state index in [1.54, 1.807) is 6.33 Å². The first-order valence-electron chi connectivity index (χ1n) is 11.8. The van der Waals surface area contributed by atoms with E-state index >= 15 is 0 Å². The molecule has 0 unspecified atom stereocenters. The van der Waals surface area contributed by atoms with Crippen molar-refractivity contribution in [3.05, 3.63) is 84.2 Å². The van der Waals surface area contributed by atoms with Crippen LogP contribution in [0.25, 0.3) is 10.9 Å². The van der Waals surface area contributed by atoms with Gasteiger partial charge in [0.05, 0.1) is 12.1 Å². The quantitative estimate of drug-likeness (QED) is 0.378. The van der Waals surface area contributed by atoms with Crippen LogP contribution in [0.15, 0.2) is 73.1 Å². The summed E-state index contributed by atoms with van der Waals surface area (Å²) in [5, 5.41) is 4.30. The van der Waals surface area contributed by atoms with Crippen molar-refractivity contribution in [1.82, 2.24) is 14.9 Å². The predicted octanol–water partition coefficient (Wildman–Crippen LogP) is 5.84. The van der Waals surface area contributed by atoms with Gasteiger partial charge in [-0.3, -0.25) is 4.79 Å². The molecule has 1 aliphatic rings. The lowest BCUT2D eigenvalue weighted by molar-refractivity contribution is -0.132. The molecule has 3 aromatic carbocycles. The van der Waals surface area contributed by atoms with Crippen molar-refractivity contribution in [1.29, 1.82) is 0 Å². The number of ether oxygens (including phenoxy) is 1. The zero-order chi connectivity index (χ0) is 24.0. The third-order valence-electron chi connectivity index (χ3n) is 5.97. The standard InChI is InChI=1S/C29H26N4O2/c1-21-18-23(13-15-27(21)35-24-9-3-2-4-10-24)32-29-25-19-22(12-14-26(25)30-20-31-29)8-7-17-33-16-6-5-11-28(33)34/h2-4,9-10,12-15,18-20H,5-6,11,16-17H2,1H3,(H,30,31,32). The van der Waals surface area contributed by atoms with Crippen molar-refractivity contribution in [2.45, 2.75) is 26.2 Å². The fraction of sp³-hybridized carbons (Fsp3) is 0.207. The maximum Gasteiger partial charge on any atom is 0.223 e. The van der Waals surface area contributed by atoms with E-state index in [0.29, 0.717) is 18.8 Å². The third kappa shape index (κ3) is 5.42. The molecule has 5 rings (SSSR count). The largest absolute Gasteiger partial charge is 0.457 e. The minimum absolute atomic E-state index is 0.194. The molecule has 1 aromatic heterocycles. The highest BCUT2D eigenvalue weighted by Crippen LogP contribution is 2.30. The Hall–Kier alpha value is -4.37. The predicted molar refractivity (Wildman–Crippen MR) is 138 cm³/mol. The third-order valence-corrected chi connectivity index (χ3v) is 5.97. The number of carbonyl (C=O) groups excluding carboxylic acids is 1. The van der Waals surface area contributed by atoms with Crippen LogP contribution < -0.4 is 10.1 Å². The average molecular weight is 463 g/mol. The van der Waals surface area contributed by atoms with Crippen molar-refractivity contribution in [3.8, 4) is 23.3 Å². The number of para-hydroxylation sites is 1. The number of nitrogens with one attached hydrogen (secondary N) is 1. The normalized spacial score (nSPS) is 13.3. The Morgan fingerprint density at radius 3 is 2.74 bits per heavy atom. The molecule has 6 heteroatoms. The fourth-order valence-corrected chi connectivity index (χ4v) is 4.09. The summed E-state index contributed by atoms with van der Waals surface area (Å²) < 4.78 is 6.00. The zero-order valence-corrected chi connectivity index (χ0v) is 19.6. The second-order valence-corrected chi connectivity index (χ2v) is 8.55. The Morgan fingerprint density at radius 2 is 1.91 bits per heavy atom. The summed E-state index contributed by atoms with van der Waals surface area (Å²) in [5.41, 5.74) is 3.61. The van der Waals surface area contributed by atoms with Crippen molar-refractivity contribution < 1.29 is 9.53 Å². The minimum atomic E-state index is 0.194. The molecule has 35 heavy (non-hydrogen) atoms. The van der Waals surface area contributed by atoms with Crippen LogP contribution in [0.1, 0.15) is 30.4 Å². The molecular weight excluding hydrogens is 436 g/mol. The maximum atomic E-state index is 12.0. The lowest BCUT2D eigenvalue weighted by atomic mass is 10.1. The van der Waals surface area contributed by atoms with E-state index in [-0.39, 0.29) is 5.91 Å². The number of aryl methyl sites for hydroxylation is 1. The molecule has 1 aliphatic heterocycles. The van der Waals surface area contributed by atoms with Gasteiger partial charge in [0.15, 0.2) is 0 Å². The number of aromatic nitrogens is 2. The Labute approximate surface area is 205 Å². The van der Waals surface area contributed by atoms with Crippen LogP contribution in [0.3, 0.4) is 0 Å². The lowest BCUT2D eigenvalue weighted by Crippen LogP contribution is -2.35. The number of amides is 1. The van der Waals surface area contributed by atoms with Gasteiger partial charge in [-0.1, -0.05) is 30.0 Å². The highest BCUT2D eigenvalue weighted by Gasteiger charge is 2.16. The number of fused-ring (bicyclic) bond motifs is 1. The molecule has 1 saturated heterocycles. The lowest BCUT2D eigenvalue weighted by Gasteiger charge is -2.24. The van der Waals surface area contributed by atoms with Crippen LogP contribution in [-0.4, -0.2) is 33.9 Å². The van der Waals surface area contributed by atoms with Gasteiger partial charge in [-0.25, -0.2) is 9.97 Å². The van der Waals surface area contributed by atoms with Gasteiger partial charge in [-0.05, 0) is 73.9 Å². The van der Waals surface area contributed by atoms with Gasteiger partial charge in [0, 0.05) is 29.6 Å². The highest BCUT2D eigenvalue weighted by molar-refractivity contribution is 5.91. The van der Waals surface area contributed by atoms with E-state index < -0.39 is 0 Å². The van der Waals surface area contributed by atoms with Gasteiger partial charge < -0.3 is 15.0 Å². The number of piperidine rings is 1.